The maximum atomic E-state index is 12.1. The zero-order valence-electron chi connectivity index (χ0n) is 10.8. The molecule has 0 bridgehead atoms. The van der Waals surface area contributed by atoms with Gasteiger partial charge in [-0.15, -0.1) is 0 Å². The van der Waals surface area contributed by atoms with Crippen LogP contribution in [-0.4, -0.2) is 36.4 Å². The van der Waals surface area contributed by atoms with Crippen molar-refractivity contribution in [3.8, 4) is 0 Å². The molecule has 7 heteroatoms. The number of aryl methyl sites for hydroxylation is 2. The van der Waals surface area contributed by atoms with E-state index >= 15 is 0 Å². The number of nitrogen functional groups attached to an aromatic ring is 1. The van der Waals surface area contributed by atoms with E-state index in [0.717, 1.165) is 10.1 Å². The Morgan fingerprint density at radius 2 is 1.94 bits per heavy atom. The van der Waals surface area contributed by atoms with Crippen molar-refractivity contribution >= 4 is 26.7 Å². The van der Waals surface area contributed by atoms with Gasteiger partial charge in [0, 0.05) is 21.1 Å². The SMILES string of the molecule is Cc1nc2c(N)cc(S(=O)(=O)N(C)C)cc2n1C. The molecule has 2 N–H and O–H groups in total. The summed E-state index contributed by atoms with van der Waals surface area (Å²) in [5.41, 5.74) is 7.60. The van der Waals surface area contributed by atoms with E-state index in [0.29, 0.717) is 16.7 Å². The number of hydrogen-bond donors (Lipinski definition) is 1. The first-order valence-electron chi connectivity index (χ1n) is 5.40. The summed E-state index contributed by atoms with van der Waals surface area (Å²) >= 11 is 0. The van der Waals surface area contributed by atoms with Crippen molar-refractivity contribution in [3.05, 3.63) is 18.0 Å². The highest BCUT2D eigenvalue weighted by atomic mass is 32.2. The molecule has 1 aromatic carbocycles. The lowest BCUT2D eigenvalue weighted by Gasteiger charge is -2.12. The Hall–Kier alpha value is -1.60. The lowest BCUT2D eigenvalue weighted by atomic mass is 10.3. The summed E-state index contributed by atoms with van der Waals surface area (Å²) in [7, 11) is 1.32. The molecule has 1 aromatic heterocycles. The van der Waals surface area contributed by atoms with Gasteiger partial charge in [-0.05, 0) is 19.1 Å². The highest BCUT2D eigenvalue weighted by Crippen LogP contribution is 2.26. The fraction of sp³-hybridized carbons (Fsp3) is 0.364. The first-order chi connectivity index (χ1) is 8.25. The number of imidazole rings is 1. The zero-order chi connectivity index (χ0) is 13.7. The van der Waals surface area contributed by atoms with E-state index in [9.17, 15) is 8.42 Å². The van der Waals surface area contributed by atoms with Crippen LogP contribution in [0.15, 0.2) is 17.0 Å². The van der Waals surface area contributed by atoms with E-state index in [1.807, 2.05) is 18.5 Å². The van der Waals surface area contributed by atoms with Gasteiger partial charge in [-0.1, -0.05) is 0 Å². The predicted octanol–water partition coefficient (Wildman–Crippen LogP) is 0.714. The van der Waals surface area contributed by atoms with Crippen LogP contribution in [-0.2, 0) is 17.1 Å². The number of hydrogen-bond acceptors (Lipinski definition) is 4. The van der Waals surface area contributed by atoms with Crippen molar-refractivity contribution < 1.29 is 8.42 Å². The smallest absolute Gasteiger partial charge is 0.242 e. The average molecular weight is 268 g/mol. The van der Waals surface area contributed by atoms with Crippen LogP contribution in [0, 0.1) is 6.92 Å². The molecular weight excluding hydrogens is 252 g/mol. The van der Waals surface area contributed by atoms with E-state index in [1.165, 1.54) is 20.2 Å². The molecule has 0 radical (unpaired) electrons. The molecule has 18 heavy (non-hydrogen) atoms. The van der Waals surface area contributed by atoms with Crippen molar-refractivity contribution in [1.82, 2.24) is 13.9 Å². The summed E-state index contributed by atoms with van der Waals surface area (Å²) in [6.45, 7) is 1.85. The first-order valence-corrected chi connectivity index (χ1v) is 6.84. The highest BCUT2D eigenvalue weighted by Gasteiger charge is 2.20. The van der Waals surface area contributed by atoms with E-state index in [4.69, 9.17) is 5.73 Å². The van der Waals surface area contributed by atoms with E-state index in [-0.39, 0.29) is 4.90 Å². The maximum absolute atomic E-state index is 12.1. The van der Waals surface area contributed by atoms with Gasteiger partial charge in [-0.25, -0.2) is 17.7 Å². The quantitative estimate of drug-likeness (QED) is 0.813. The van der Waals surface area contributed by atoms with Crippen LogP contribution in [0.3, 0.4) is 0 Å². The number of anilines is 1. The van der Waals surface area contributed by atoms with Crippen molar-refractivity contribution in [1.29, 1.82) is 0 Å². The molecule has 0 amide bonds. The Labute approximate surface area is 106 Å². The van der Waals surface area contributed by atoms with E-state index in [2.05, 4.69) is 4.98 Å². The molecule has 0 saturated heterocycles. The molecule has 98 valence electrons. The second-order valence-electron chi connectivity index (χ2n) is 4.39. The molecular formula is C11H16N4O2S. The molecule has 2 rings (SSSR count). The third kappa shape index (κ3) is 1.75. The molecule has 0 atom stereocenters. The van der Waals surface area contributed by atoms with Crippen molar-refractivity contribution in [2.75, 3.05) is 19.8 Å². The topological polar surface area (TPSA) is 81.2 Å². The van der Waals surface area contributed by atoms with Gasteiger partial charge in [-0.3, -0.25) is 0 Å². The number of rotatable bonds is 2. The Balaban J connectivity index is 2.81. The molecule has 0 aliphatic carbocycles. The molecule has 0 aliphatic rings. The van der Waals surface area contributed by atoms with Crippen LogP contribution < -0.4 is 5.73 Å². The van der Waals surface area contributed by atoms with Crippen molar-refractivity contribution in [2.45, 2.75) is 11.8 Å². The van der Waals surface area contributed by atoms with Crippen LogP contribution in [0.25, 0.3) is 11.0 Å². The summed E-state index contributed by atoms with van der Waals surface area (Å²) in [6.07, 6.45) is 0. The van der Waals surface area contributed by atoms with Gasteiger partial charge in [-0.2, -0.15) is 0 Å². The summed E-state index contributed by atoms with van der Waals surface area (Å²) in [6, 6.07) is 3.05. The number of benzene rings is 1. The minimum Gasteiger partial charge on any atom is -0.397 e. The van der Waals surface area contributed by atoms with Crippen molar-refractivity contribution in [3.63, 3.8) is 0 Å². The number of fused-ring (bicyclic) bond motifs is 1. The Morgan fingerprint density at radius 1 is 1.33 bits per heavy atom. The standard InChI is InChI=1S/C11H16N4O2S/c1-7-13-11-9(12)5-8(6-10(11)15(7)4)18(16,17)14(2)3/h5-6H,12H2,1-4H3. The molecule has 1 heterocycles. The summed E-state index contributed by atoms with van der Waals surface area (Å²) in [4.78, 5) is 4.49. The summed E-state index contributed by atoms with van der Waals surface area (Å²) < 4.78 is 27.2. The normalized spacial score (nSPS) is 12.5. The first kappa shape index (κ1) is 12.8. The third-order valence-corrected chi connectivity index (χ3v) is 4.78. The largest absolute Gasteiger partial charge is 0.397 e. The Morgan fingerprint density at radius 3 is 2.50 bits per heavy atom. The highest BCUT2D eigenvalue weighted by molar-refractivity contribution is 7.89. The number of nitrogens with zero attached hydrogens (tertiary/aromatic N) is 3. The van der Waals surface area contributed by atoms with Gasteiger partial charge < -0.3 is 10.3 Å². The van der Waals surface area contributed by atoms with Gasteiger partial charge in [0.2, 0.25) is 10.0 Å². The lowest BCUT2D eigenvalue weighted by Crippen LogP contribution is -2.22. The van der Waals surface area contributed by atoms with E-state index < -0.39 is 10.0 Å². The van der Waals surface area contributed by atoms with Crippen LogP contribution >= 0.6 is 0 Å². The Bertz CT molecular complexity index is 716. The molecule has 0 spiro atoms. The predicted molar refractivity (Wildman–Crippen MR) is 70.7 cm³/mol. The van der Waals surface area contributed by atoms with Gasteiger partial charge in [0.05, 0.1) is 16.1 Å². The van der Waals surface area contributed by atoms with Gasteiger partial charge in [0.15, 0.2) is 0 Å². The van der Waals surface area contributed by atoms with Crippen LogP contribution in [0.5, 0.6) is 0 Å². The average Bonchev–Trinajstić information content (AvgIpc) is 2.56. The molecule has 0 fully saturated rings. The molecule has 0 unspecified atom stereocenters. The van der Waals surface area contributed by atoms with Gasteiger partial charge in [0.25, 0.3) is 0 Å². The molecule has 0 aliphatic heterocycles. The fourth-order valence-electron chi connectivity index (χ4n) is 1.76. The van der Waals surface area contributed by atoms with Crippen molar-refractivity contribution in [2.24, 2.45) is 7.05 Å². The summed E-state index contributed by atoms with van der Waals surface area (Å²) in [5.74, 6) is 0.788. The summed E-state index contributed by atoms with van der Waals surface area (Å²) in [5, 5.41) is 0. The van der Waals surface area contributed by atoms with Gasteiger partial charge in [0.1, 0.15) is 11.3 Å². The lowest BCUT2D eigenvalue weighted by molar-refractivity contribution is 0.521. The van der Waals surface area contributed by atoms with Gasteiger partial charge >= 0.3 is 0 Å². The number of nitrogens with two attached hydrogens (primary N) is 1. The number of aromatic nitrogens is 2. The second kappa shape index (κ2) is 3.96. The zero-order valence-corrected chi connectivity index (χ0v) is 11.6. The number of sulfonamides is 1. The van der Waals surface area contributed by atoms with Crippen LogP contribution in [0.4, 0.5) is 5.69 Å². The van der Waals surface area contributed by atoms with E-state index in [1.54, 1.807) is 6.07 Å². The third-order valence-electron chi connectivity index (χ3n) is 2.99. The minimum atomic E-state index is -3.49. The molecule has 0 saturated carbocycles. The molecule has 2 aromatic rings. The maximum Gasteiger partial charge on any atom is 0.242 e. The second-order valence-corrected chi connectivity index (χ2v) is 6.54. The van der Waals surface area contributed by atoms with Crippen LogP contribution in [0.1, 0.15) is 5.82 Å². The van der Waals surface area contributed by atoms with Crippen LogP contribution in [0.2, 0.25) is 0 Å². The fourth-order valence-corrected chi connectivity index (χ4v) is 2.72. The molecule has 6 nitrogen and oxygen atoms in total. The Kier molecular flexibility index (Phi) is 2.83. The monoisotopic (exact) mass is 268 g/mol. The minimum absolute atomic E-state index is 0.181.